The second-order valence-corrected chi connectivity index (χ2v) is 28.4. The number of benzene rings is 8. The van der Waals surface area contributed by atoms with E-state index in [-0.39, 0.29) is 27.1 Å². The van der Waals surface area contributed by atoms with Crippen molar-refractivity contribution in [3.8, 4) is 11.1 Å². The van der Waals surface area contributed by atoms with Crippen LogP contribution in [-0.2, 0) is 27.1 Å². The van der Waals surface area contributed by atoms with Gasteiger partial charge >= 0.3 is 0 Å². The average molecular weight is 1030 g/mol. The van der Waals surface area contributed by atoms with Crippen LogP contribution in [0.4, 0.5) is 34.1 Å². The molecule has 2 aromatic heterocycles. The van der Waals surface area contributed by atoms with Crippen LogP contribution in [0.5, 0.6) is 0 Å². The first-order valence-corrected chi connectivity index (χ1v) is 29.1. The molecule has 0 unspecified atom stereocenters. The van der Waals surface area contributed by atoms with Crippen LogP contribution in [0.25, 0.3) is 55.0 Å². The highest BCUT2D eigenvalue weighted by atomic mass is 16.3. The molecule has 2 heterocycles. The number of anilines is 6. The summed E-state index contributed by atoms with van der Waals surface area (Å²) in [7, 11) is 0. The van der Waals surface area contributed by atoms with Crippen LogP contribution < -0.4 is 9.80 Å². The Balaban J connectivity index is 0.929. The van der Waals surface area contributed by atoms with E-state index in [1.54, 1.807) is 0 Å². The van der Waals surface area contributed by atoms with Crippen molar-refractivity contribution in [2.24, 2.45) is 23.7 Å². The highest BCUT2D eigenvalue weighted by Crippen LogP contribution is 2.71. The summed E-state index contributed by atoms with van der Waals surface area (Å²) in [5, 5.41) is 4.76. The molecular weight excluding hydrogens is 949 g/mol. The lowest BCUT2D eigenvalue weighted by atomic mass is 9.43. The normalized spacial score (nSPS) is 20.9. The molecule has 78 heavy (non-hydrogen) atoms. The Morgan fingerprint density at radius 3 is 1.21 bits per heavy atom. The topological polar surface area (TPSA) is 32.8 Å². The summed E-state index contributed by atoms with van der Waals surface area (Å²) in [6.07, 6.45) is 6.55. The molecule has 5 aliphatic rings. The van der Waals surface area contributed by atoms with E-state index in [4.69, 9.17) is 8.83 Å². The standard InChI is InChI=1S/C74H76N2O2/c1-70(2,3)46-13-21-52(22-14-46)75(53-23-15-47(16-24-53)71(4,5)6)56-30-34-65-62(40-56)63-42-64-61(43-67(63)77-65)59-32-33-60-58-31-29-57(41-66(58)78-69(60)68(59)74(64)50-36-44-35-45(38-50)39-51(74)37-44)76(54-25-17-48(18-26-54)72(7,8)9)55-27-19-49(20-28-55)73(10,11)12/h13-34,40-45,50-51H,35-39H2,1-12H3. The Labute approximate surface area is 462 Å². The van der Waals surface area contributed by atoms with Crippen molar-refractivity contribution in [1.29, 1.82) is 0 Å². The SMILES string of the molecule is CC(C)(C)c1ccc(N(c2ccc(C(C)(C)C)cc2)c2ccc3c(c2)oc2c4c(ccc23)-c2cc3oc5ccc(N(c6ccc(C(C)(C)C)cc6)c6ccc(C(C)(C)C)cc6)cc5c3cc2C42C3CC4CC(C3)CC2C4)cc1. The summed E-state index contributed by atoms with van der Waals surface area (Å²) in [5.41, 5.74) is 21.6. The molecule has 4 heteroatoms. The molecule has 0 amide bonds. The summed E-state index contributed by atoms with van der Waals surface area (Å²) < 4.78 is 14.5. The molecule has 4 bridgehead atoms. The Hall–Kier alpha value is -7.04. The molecule has 0 atom stereocenters. The predicted octanol–water partition coefficient (Wildman–Crippen LogP) is 21.3. The van der Waals surface area contributed by atoms with Crippen LogP contribution in [0.1, 0.15) is 149 Å². The van der Waals surface area contributed by atoms with Gasteiger partial charge in [0.25, 0.3) is 0 Å². The highest BCUT2D eigenvalue weighted by Gasteiger charge is 2.62. The zero-order valence-electron chi connectivity index (χ0n) is 48.1. The van der Waals surface area contributed by atoms with E-state index in [2.05, 4.69) is 251 Å². The van der Waals surface area contributed by atoms with E-state index < -0.39 is 0 Å². The first kappa shape index (κ1) is 49.3. The van der Waals surface area contributed by atoms with Crippen LogP contribution in [0.3, 0.4) is 0 Å². The average Bonchev–Trinajstić information content (AvgIpc) is 2.48. The third kappa shape index (κ3) is 7.66. The second-order valence-electron chi connectivity index (χ2n) is 28.4. The van der Waals surface area contributed by atoms with Crippen molar-refractivity contribution < 1.29 is 8.83 Å². The highest BCUT2D eigenvalue weighted by molar-refractivity contribution is 6.13. The third-order valence-electron chi connectivity index (χ3n) is 19.3. The summed E-state index contributed by atoms with van der Waals surface area (Å²) in [5.74, 6) is 2.73. The van der Waals surface area contributed by atoms with Gasteiger partial charge in [-0.05, 0) is 213 Å². The Bertz CT molecular complexity index is 3850. The van der Waals surface area contributed by atoms with Crippen molar-refractivity contribution in [2.45, 2.75) is 142 Å². The number of hydrogen-bond acceptors (Lipinski definition) is 4. The molecule has 8 aromatic carbocycles. The van der Waals surface area contributed by atoms with Gasteiger partial charge < -0.3 is 18.6 Å². The molecule has 0 N–H and O–H groups in total. The van der Waals surface area contributed by atoms with E-state index >= 15 is 0 Å². The van der Waals surface area contributed by atoms with E-state index in [1.807, 2.05) is 0 Å². The van der Waals surface area contributed by atoms with Crippen LogP contribution in [0.15, 0.2) is 167 Å². The molecule has 1 spiro atoms. The van der Waals surface area contributed by atoms with E-state index in [0.29, 0.717) is 11.8 Å². The maximum atomic E-state index is 7.52. The Kier molecular flexibility index (Phi) is 10.7. The zero-order chi connectivity index (χ0) is 54.0. The fourth-order valence-corrected chi connectivity index (χ4v) is 15.4. The zero-order valence-corrected chi connectivity index (χ0v) is 48.1. The van der Waals surface area contributed by atoms with Crippen LogP contribution in [0.2, 0.25) is 0 Å². The minimum atomic E-state index is -0.144. The Morgan fingerprint density at radius 2 is 0.744 bits per heavy atom. The van der Waals surface area contributed by atoms with Crippen molar-refractivity contribution in [3.05, 3.63) is 191 Å². The van der Waals surface area contributed by atoms with Gasteiger partial charge in [0.15, 0.2) is 0 Å². The first-order chi connectivity index (χ1) is 37.1. The molecule has 5 aliphatic carbocycles. The van der Waals surface area contributed by atoms with Gasteiger partial charge in [-0.15, -0.1) is 0 Å². The summed E-state index contributed by atoms with van der Waals surface area (Å²) in [4.78, 5) is 4.83. The molecule has 4 fully saturated rings. The van der Waals surface area contributed by atoms with Crippen LogP contribution in [-0.4, -0.2) is 0 Å². The third-order valence-corrected chi connectivity index (χ3v) is 19.3. The van der Waals surface area contributed by atoms with Crippen LogP contribution >= 0.6 is 0 Å². The summed E-state index contributed by atoms with van der Waals surface area (Å²) in [6.45, 7) is 27.4. The summed E-state index contributed by atoms with van der Waals surface area (Å²) in [6, 6.07) is 60.3. The number of hydrogen-bond donors (Lipinski definition) is 0. The number of rotatable bonds is 6. The smallest absolute Gasteiger partial charge is 0.140 e. The van der Waals surface area contributed by atoms with Crippen molar-refractivity contribution in [1.82, 2.24) is 0 Å². The van der Waals surface area contributed by atoms with Gasteiger partial charge in [0.1, 0.15) is 22.3 Å². The second kappa shape index (κ2) is 17.0. The monoisotopic (exact) mass is 1020 g/mol. The number of fused-ring (bicyclic) bond motifs is 10. The minimum absolute atomic E-state index is 0.0576. The van der Waals surface area contributed by atoms with Gasteiger partial charge in [-0.3, -0.25) is 0 Å². The quantitative estimate of drug-likeness (QED) is 0.166. The first-order valence-electron chi connectivity index (χ1n) is 29.1. The van der Waals surface area contributed by atoms with E-state index in [9.17, 15) is 0 Å². The van der Waals surface area contributed by atoms with Gasteiger partial charge in [-0.25, -0.2) is 0 Å². The maximum absolute atomic E-state index is 7.52. The molecule has 10 aromatic rings. The molecule has 4 saturated carbocycles. The number of nitrogens with zero attached hydrogens (tertiary/aromatic N) is 2. The van der Waals surface area contributed by atoms with Gasteiger partial charge in [-0.1, -0.05) is 138 Å². The minimum Gasteiger partial charge on any atom is -0.456 e. The van der Waals surface area contributed by atoms with Gasteiger partial charge in [0.05, 0.1) is 0 Å². The molecule has 394 valence electrons. The van der Waals surface area contributed by atoms with Gasteiger partial charge in [0, 0.05) is 72.7 Å². The molecule has 0 aliphatic heterocycles. The fraction of sp³-hybridized carbons (Fsp3) is 0.351. The predicted molar refractivity (Wildman–Crippen MR) is 328 cm³/mol. The van der Waals surface area contributed by atoms with Crippen molar-refractivity contribution >= 4 is 78.0 Å². The lowest BCUT2D eigenvalue weighted by molar-refractivity contribution is -0.0396. The fourth-order valence-electron chi connectivity index (χ4n) is 15.4. The Morgan fingerprint density at radius 1 is 0.346 bits per heavy atom. The lowest BCUT2D eigenvalue weighted by Crippen LogP contribution is -2.55. The maximum Gasteiger partial charge on any atom is 0.140 e. The number of furan rings is 2. The van der Waals surface area contributed by atoms with Crippen LogP contribution in [0, 0.1) is 23.7 Å². The lowest BCUT2D eigenvalue weighted by Gasteiger charge is -2.61. The molecule has 0 saturated heterocycles. The van der Waals surface area contributed by atoms with E-state index in [1.165, 1.54) is 92.8 Å². The summed E-state index contributed by atoms with van der Waals surface area (Å²) >= 11 is 0. The van der Waals surface area contributed by atoms with Crippen molar-refractivity contribution in [2.75, 3.05) is 9.80 Å². The molecule has 15 rings (SSSR count). The largest absolute Gasteiger partial charge is 0.456 e. The molecule has 0 radical (unpaired) electrons. The van der Waals surface area contributed by atoms with Gasteiger partial charge in [-0.2, -0.15) is 0 Å². The van der Waals surface area contributed by atoms with Gasteiger partial charge in [0.2, 0.25) is 0 Å². The van der Waals surface area contributed by atoms with E-state index in [0.717, 1.165) is 73.7 Å². The van der Waals surface area contributed by atoms with Crippen molar-refractivity contribution in [3.63, 3.8) is 0 Å². The molecule has 4 nitrogen and oxygen atoms in total. The molecular formula is C74H76N2O2.